The average Bonchev–Trinajstić information content (AvgIpc) is 3.13. The van der Waals surface area contributed by atoms with Gasteiger partial charge in [0.05, 0.1) is 12.6 Å². The molecular formula is C14H19N3. The zero-order chi connectivity index (χ0) is 11.8. The summed E-state index contributed by atoms with van der Waals surface area (Å²) in [5.74, 6) is 1.51. The van der Waals surface area contributed by atoms with Gasteiger partial charge in [0, 0.05) is 6.54 Å². The van der Waals surface area contributed by atoms with Gasteiger partial charge in [-0.3, -0.25) is 4.99 Å². The highest BCUT2D eigenvalue weighted by Gasteiger charge is 2.27. The van der Waals surface area contributed by atoms with Crippen molar-refractivity contribution in [3.8, 4) is 0 Å². The lowest BCUT2D eigenvalue weighted by Crippen LogP contribution is -2.35. The first-order chi connectivity index (χ1) is 8.29. The summed E-state index contributed by atoms with van der Waals surface area (Å²) in [4.78, 5) is 6.51. The summed E-state index contributed by atoms with van der Waals surface area (Å²) in [7, 11) is 0. The predicted octanol–water partition coefficient (Wildman–Crippen LogP) is 2.26. The molecule has 1 saturated carbocycles. The van der Waals surface area contributed by atoms with Gasteiger partial charge in [-0.25, -0.2) is 0 Å². The van der Waals surface area contributed by atoms with Crippen LogP contribution in [0.3, 0.4) is 0 Å². The zero-order valence-electron chi connectivity index (χ0n) is 10.3. The molecular weight excluding hydrogens is 210 g/mol. The topological polar surface area (TPSA) is 41.6 Å². The van der Waals surface area contributed by atoms with Crippen molar-refractivity contribution in [2.24, 2.45) is 10.7 Å². The van der Waals surface area contributed by atoms with Gasteiger partial charge < -0.3 is 10.6 Å². The molecule has 90 valence electrons. The van der Waals surface area contributed by atoms with Crippen LogP contribution in [-0.2, 0) is 0 Å². The number of nitrogens with two attached hydrogens (primary N) is 1. The molecule has 17 heavy (non-hydrogen) atoms. The van der Waals surface area contributed by atoms with Gasteiger partial charge in [-0.2, -0.15) is 0 Å². The third-order valence-electron chi connectivity index (χ3n) is 3.81. The van der Waals surface area contributed by atoms with Crippen LogP contribution >= 0.6 is 0 Å². The van der Waals surface area contributed by atoms with Crippen molar-refractivity contribution in [2.75, 3.05) is 13.1 Å². The molecule has 1 unspecified atom stereocenters. The van der Waals surface area contributed by atoms with E-state index in [1.165, 1.54) is 24.0 Å². The molecule has 1 aromatic rings. The molecule has 1 aliphatic heterocycles. The van der Waals surface area contributed by atoms with Crippen LogP contribution in [0, 0.1) is 0 Å². The fourth-order valence-electron chi connectivity index (χ4n) is 2.60. The average molecular weight is 229 g/mol. The van der Waals surface area contributed by atoms with Gasteiger partial charge in [-0.15, -0.1) is 0 Å². The van der Waals surface area contributed by atoms with Crippen LogP contribution in [0.1, 0.15) is 42.9 Å². The van der Waals surface area contributed by atoms with Gasteiger partial charge in [-0.05, 0) is 36.8 Å². The SMILES string of the molecule is CCN1C(N)=NCC1c1ccc(C2CC2)cc1. The number of guanidine groups is 1. The molecule has 0 spiro atoms. The van der Waals surface area contributed by atoms with Crippen LogP contribution in [-0.4, -0.2) is 23.9 Å². The highest BCUT2D eigenvalue weighted by molar-refractivity contribution is 5.80. The molecule has 1 aliphatic carbocycles. The summed E-state index contributed by atoms with van der Waals surface area (Å²) >= 11 is 0. The van der Waals surface area contributed by atoms with Crippen LogP contribution in [0.25, 0.3) is 0 Å². The van der Waals surface area contributed by atoms with Gasteiger partial charge in [0.15, 0.2) is 5.96 Å². The maximum Gasteiger partial charge on any atom is 0.191 e. The molecule has 0 saturated heterocycles. The van der Waals surface area contributed by atoms with Gasteiger partial charge in [0.2, 0.25) is 0 Å². The number of rotatable bonds is 3. The first-order valence-corrected chi connectivity index (χ1v) is 6.46. The molecule has 3 heteroatoms. The minimum atomic E-state index is 0.341. The Morgan fingerprint density at radius 3 is 2.47 bits per heavy atom. The monoisotopic (exact) mass is 229 g/mol. The maximum atomic E-state index is 5.88. The number of nitrogens with zero attached hydrogens (tertiary/aromatic N) is 2. The van der Waals surface area contributed by atoms with Crippen LogP contribution in [0.2, 0.25) is 0 Å². The lowest BCUT2D eigenvalue weighted by molar-refractivity contribution is 0.364. The molecule has 0 radical (unpaired) electrons. The second-order valence-corrected chi connectivity index (χ2v) is 4.94. The fraction of sp³-hybridized carbons (Fsp3) is 0.500. The second kappa shape index (κ2) is 4.06. The van der Waals surface area contributed by atoms with E-state index in [2.05, 4.69) is 41.1 Å². The maximum absolute atomic E-state index is 5.88. The summed E-state index contributed by atoms with van der Waals surface area (Å²) in [6.07, 6.45) is 2.72. The Morgan fingerprint density at radius 2 is 1.88 bits per heavy atom. The number of aliphatic imine (C=N–C) groups is 1. The third-order valence-corrected chi connectivity index (χ3v) is 3.81. The lowest BCUT2D eigenvalue weighted by Gasteiger charge is -2.25. The minimum Gasteiger partial charge on any atom is -0.370 e. The Balaban J connectivity index is 1.79. The molecule has 0 amide bonds. The van der Waals surface area contributed by atoms with Crippen molar-refractivity contribution in [2.45, 2.75) is 31.7 Å². The van der Waals surface area contributed by atoms with E-state index in [1.54, 1.807) is 0 Å². The zero-order valence-corrected chi connectivity index (χ0v) is 10.3. The molecule has 1 fully saturated rings. The van der Waals surface area contributed by atoms with Crippen LogP contribution in [0.15, 0.2) is 29.3 Å². The molecule has 2 N–H and O–H groups in total. The predicted molar refractivity (Wildman–Crippen MR) is 70.0 cm³/mol. The summed E-state index contributed by atoms with van der Waals surface area (Å²) < 4.78 is 0. The second-order valence-electron chi connectivity index (χ2n) is 4.94. The van der Waals surface area contributed by atoms with E-state index in [9.17, 15) is 0 Å². The van der Waals surface area contributed by atoms with Crippen molar-refractivity contribution in [1.82, 2.24) is 4.90 Å². The van der Waals surface area contributed by atoms with Crippen molar-refractivity contribution in [3.63, 3.8) is 0 Å². The Morgan fingerprint density at radius 1 is 1.24 bits per heavy atom. The third kappa shape index (κ3) is 1.90. The van der Waals surface area contributed by atoms with E-state index in [0.717, 1.165) is 19.0 Å². The lowest BCUT2D eigenvalue weighted by atomic mass is 10.0. The quantitative estimate of drug-likeness (QED) is 0.863. The largest absolute Gasteiger partial charge is 0.370 e. The van der Waals surface area contributed by atoms with Crippen molar-refractivity contribution >= 4 is 5.96 Å². The summed E-state index contributed by atoms with van der Waals surface area (Å²) in [6, 6.07) is 9.38. The Labute approximate surface area is 102 Å². The van der Waals surface area contributed by atoms with Gasteiger partial charge in [-0.1, -0.05) is 24.3 Å². The smallest absolute Gasteiger partial charge is 0.191 e. The van der Waals surface area contributed by atoms with Crippen LogP contribution < -0.4 is 5.73 Å². The van der Waals surface area contributed by atoms with Crippen LogP contribution in [0.5, 0.6) is 0 Å². The summed E-state index contributed by atoms with van der Waals surface area (Å²) in [5, 5.41) is 0. The Bertz CT molecular complexity index is 431. The molecule has 2 aliphatic rings. The van der Waals surface area contributed by atoms with Crippen LogP contribution in [0.4, 0.5) is 0 Å². The standard InChI is InChI=1S/C14H19N3/c1-2-17-13(9-16-14(17)15)12-7-5-11(6-8-12)10-3-4-10/h5-8,10,13H,2-4,9H2,1H3,(H2,15,16). The van der Waals surface area contributed by atoms with E-state index in [4.69, 9.17) is 5.73 Å². The van der Waals surface area contributed by atoms with E-state index in [-0.39, 0.29) is 0 Å². The molecule has 1 atom stereocenters. The Kier molecular flexibility index (Phi) is 2.54. The van der Waals surface area contributed by atoms with Gasteiger partial charge >= 0.3 is 0 Å². The number of likely N-dealkylation sites (N-methyl/N-ethyl adjacent to an activating group) is 1. The van der Waals surface area contributed by atoms with E-state index in [0.29, 0.717) is 12.0 Å². The van der Waals surface area contributed by atoms with Gasteiger partial charge in [0.25, 0.3) is 0 Å². The molecule has 0 bridgehead atoms. The van der Waals surface area contributed by atoms with Crippen molar-refractivity contribution in [3.05, 3.63) is 35.4 Å². The molecule has 1 heterocycles. The number of hydrogen-bond donors (Lipinski definition) is 1. The van der Waals surface area contributed by atoms with Crippen molar-refractivity contribution in [1.29, 1.82) is 0 Å². The summed E-state index contributed by atoms with van der Waals surface area (Å²) in [6.45, 7) is 3.84. The van der Waals surface area contributed by atoms with E-state index < -0.39 is 0 Å². The van der Waals surface area contributed by atoms with Gasteiger partial charge in [0.1, 0.15) is 0 Å². The minimum absolute atomic E-state index is 0.341. The number of hydrogen-bond acceptors (Lipinski definition) is 3. The normalized spacial score (nSPS) is 23.9. The van der Waals surface area contributed by atoms with Crippen molar-refractivity contribution < 1.29 is 0 Å². The molecule has 0 aromatic heterocycles. The molecule has 3 rings (SSSR count). The van der Waals surface area contributed by atoms with E-state index in [1.807, 2.05) is 0 Å². The molecule has 1 aromatic carbocycles. The fourth-order valence-corrected chi connectivity index (χ4v) is 2.60. The highest BCUT2D eigenvalue weighted by Crippen LogP contribution is 2.40. The first kappa shape index (κ1) is 10.6. The summed E-state index contributed by atoms with van der Waals surface area (Å²) in [5.41, 5.74) is 8.70. The first-order valence-electron chi connectivity index (χ1n) is 6.46. The Hall–Kier alpha value is -1.51. The number of benzene rings is 1. The highest BCUT2D eigenvalue weighted by atomic mass is 15.3. The molecule has 3 nitrogen and oxygen atoms in total. The van der Waals surface area contributed by atoms with E-state index >= 15 is 0 Å².